The van der Waals surface area contributed by atoms with Crippen LogP contribution in [0.5, 0.6) is 5.75 Å². The lowest BCUT2D eigenvalue weighted by Crippen LogP contribution is -2.40. The van der Waals surface area contributed by atoms with Crippen molar-refractivity contribution in [3.05, 3.63) is 76.5 Å². The summed E-state index contributed by atoms with van der Waals surface area (Å²) in [5, 5.41) is 10.9. The molecule has 0 saturated carbocycles. The molecule has 1 aromatic rings. The summed E-state index contributed by atoms with van der Waals surface area (Å²) >= 11 is 1.58. The number of nitrogens with zero attached hydrogens (tertiary/aromatic N) is 2. The zero-order valence-corrected chi connectivity index (χ0v) is 16.4. The van der Waals surface area contributed by atoms with Crippen molar-refractivity contribution in [1.29, 1.82) is 0 Å². The Balaban J connectivity index is 0.00000301. The quantitative estimate of drug-likeness (QED) is 0.278. The van der Waals surface area contributed by atoms with Crippen LogP contribution in [0.1, 0.15) is 13.8 Å². The molecule has 0 saturated heterocycles. The highest BCUT2D eigenvalue weighted by Gasteiger charge is 2.25. The molecule has 0 aliphatic carbocycles. The van der Waals surface area contributed by atoms with Gasteiger partial charge in [-0.2, -0.15) is 0 Å². The van der Waals surface area contributed by atoms with E-state index in [1.807, 2.05) is 64.3 Å². The largest absolute Gasteiger partial charge is 0.489 e. The van der Waals surface area contributed by atoms with Crippen molar-refractivity contribution in [2.75, 3.05) is 13.3 Å². The molecule has 0 heterocycles. The van der Waals surface area contributed by atoms with E-state index in [-0.39, 0.29) is 17.8 Å². The molecule has 0 fully saturated rings. The topological polar surface area (TPSA) is 72.7 Å². The van der Waals surface area contributed by atoms with Crippen LogP contribution in [0.25, 0.3) is 0 Å². The summed E-state index contributed by atoms with van der Waals surface area (Å²) in [4.78, 5) is 18.4. The Morgan fingerprint density at radius 2 is 1.88 bits per heavy atom. The van der Waals surface area contributed by atoms with Crippen molar-refractivity contribution in [1.82, 2.24) is 4.31 Å². The van der Waals surface area contributed by atoms with Crippen LogP contribution in [-0.4, -0.2) is 41.5 Å². The Morgan fingerprint density at radius 3 is 2.35 bits per heavy atom. The molecule has 26 heavy (non-hydrogen) atoms. The van der Waals surface area contributed by atoms with Gasteiger partial charge in [0, 0.05) is 12.2 Å². The number of nitro groups is 1. The average Bonchev–Trinajstić information content (AvgIpc) is 2.64. The average molecular weight is 378 g/mol. The second-order valence-electron chi connectivity index (χ2n) is 5.27. The molecule has 0 bridgehead atoms. The highest BCUT2D eigenvalue weighted by atomic mass is 32.2. The molecular formula is C19H26N2O4S. The summed E-state index contributed by atoms with van der Waals surface area (Å²) in [6, 6.07) is 9.58. The zero-order valence-electron chi connectivity index (χ0n) is 15.6. The second kappa shape index (κ2) is 12.9. The van der Waals surface area contributed by atoms with Crippen LogP contribution in [0.3, 0.4) is 0 Å². The van der Waals surface area contributed by atoms with E-state index in [4.69, 9.17) is 9.53 Å². The van der Waals surface area contributed by atoms with Crippen LogP contribution in [0.4, 0.5) is 0 Å². The number of para-hydroxylation sites is 1. The number of allylic oxidation sites excluding steroid dienone is 3. The van der Waals surface area contributed by atoms with Crippen molar-refractivity contribution in [3.8, 4) is 5.75 Å². The first-order valence-corrected chi connectivity index (χ1v) is 9.01. The van der Waals surface area contributed by atoms with Gasteiger partial charge in [-0.1, -0.05) is 48.4 Å². The van der Waals surface area contributed by atoms with Gasteiger partial charge in [0.1, 0.15) is 18.6 Å². The molecule has 2 unspecified atom stereocenters. The van der Waals surface area contributed by atoms with Crippen molar-refractivity contribution >= 4 is 18.7 Å². The molecule has 0 aromatic heterocycles. The highest BCUT2D eigenvalue weighted by molar-refractivity contribution is 7.96. The van der Waals surface area contributed by atoms with Crippen molar-refractivity contribution in [2.45, 2.75) is 26.0 Å². The van der Waals surface area contributed by atoms with Gasteiger partial charge in [-0.15, -0.1) is 0 Å². The van der Waals surface area contributed by atoms with Gasteiger partial charge in [0.05, 0.1) is 11.0 Å². The molecule has 0 spiro atoms. The SMILES string of the molecule is C=C/C(=C\C=C(/C)C(C(C)Oc1ccccc1)N(C)SC)[N+](=O)[O-].C=O. The van der Waals surface area contributed by atoms with Crippen molar-refractivity contribution in [3.63, 3.8) is 0 Å². The first kappa shape index (κ1) is 23.6. The van der Waals surface area contributed by atoms with Crippen LogP contribution >= 0.6 is 11.9 Å². The Morgan fingerprint density at radius 1 is 1.31 bits per heavy atom. The molecule has 2 atom stereocenters. The summed E-state index contributed by atoms with van der Waals surface area (Å²) < 4.78 is 8.11. The van der Waals surface area contributed by atoms with Gasteiger partial charge in [0.2, 0.25) is 0 Å². The molecule has 142 valence electrons. The molecule has 7 heteroatoms. The number of ether oxygens (including phenoxy) is 1. The van der Waals surface area contributed by atoms with E-state index < -0.39 is 4.92 Å². The van der Waals surface area contributed by atoms with Crippen molar-refractivity contribution in [2.24, 2.45) is 0 Å². The molecule has 0 aliphatic rings. The van der Waals surface area contributed by atoms with Gasteiger partial charge in [-0.3, -0.25) is 10.1 Å². The normalized spacial score (nSPS) is 14.0. The third-order valence-electron chi connectivity index (χ3n) is 3.59. The van der Waals surface area contributed by atoms with Gasteiger partial charge in [-0.25, -0.2) is 4.31 Å². The second-order valence-corrected chi connectivity index (χ2v) is 6.21. The van der Waals surface area contributed by atoms with Crippen LogP contribution in [-0.2, 0) is 4.79 Å². The highest BCUT2D eigenvalue weighted by Crippen LogP contribution is 2.23. The summed E-state index contributed by atoms with van der Waals surface area (Å²) in [6.45, 7) is 9.41. The summed E-state index contributed by atoms with van der Waals surface area (Å²) in [6.07, 6.45) is 6.32. The van der Waals surface area contributed by atoms with Crippen LogP contribution in [0.2, 0.25) is 0 Å². The third kappa shape index (κ3) is 7.67. The zero-order chi connectivity index (χ0) is 20.1. The summed E-state index contributed by atoms with van der Waals surface area (Å²) in [5.41, 5.74) is 0.938. The molecule has 0 radical (unpaired) electrons. The Bertz CT molecular complexity index is 632. The Labute approximate surface area is 159 Å². The predicted octanol–water partition coefficient (Wildman–Crippen LogP) is 4.14. The van der Waals surface area contributed by atoms with Gasteiger partial charge < -0.3 is 9.53 Å². The lowest BCUT2D eigenvalue weighted by molar-refractivity contribution is -0.418. The lowest BCUT2D eigenvalue weighted by atomic mass is 10.0. The van der Waals surface area contributed by atoms with E-state index >= 15 is 0 Å². The number of benzene rings is 1. The maximum atomic E-state index is 10.9. The fourth-order valence-electron chi connectivity index (χ4n) is 2.36. The first-order valence-electron chi connectivity index (χ1n) is 7.83. The fourth-order valence-corrected chi connectivity index (χ4v) is 2.93. The van der Waals surface area contributed by atoms with Gasteiger partial charge in [-0.05, 0) is 39.3 Å². The number of rotatable bonds is 9. The number of hydrogen-bond donors (Lipinski definition) is 0. The van der Waals surface area contributed by atoms with Crippen molar-refractivity contribution < 1.29 is 14.5 Å². The summed E-state index contributed by atoms with van der Waals surface area (Å²) in [5.74, 6) is 0.796. The number of hydrogen-bond acceptors (Lipinski definition) is 6. The first-order chi connectivity index (χ1) is 12.4. The fraction of sp³-hybridized carbons (Fsp3) is 0.316. The van der Waals surface area contributed by atoms with Crippen LogP contribution in [0, 0.1) is 10.1 Å². The molecule has 0 aliphatic heterocycles. The predicted molar refractivity (Wildman–Crippen MR) is 108 cm³/mol. The van der Waals surface area contributed by atoms with Gasteiger partial charge >= 0.3 is 0 Å². The maximum absolute atomic E-state index is 10.9. The van der Waals surface area contributed by atoms with E-state index in [0.29, 0.717) is 0 Å². The number of carbonyl (C=O) groups is 1. The monoisotopic (exact) mass is 378 g/mol. The van der Waals surface area contributed by atoms with Crippen LogP contribution in [0.15, 0.2) is 66.4 Å². The molecule has 0 N–H and O–H groups in total. The van der Waals surface area contributed by atoms with E-state index in [0.717, 1.165) is 11.3 Å². The smallest absolute Gasteiger partial charge is 0.268 e. The minimum atomic E-state index is -0.450. The molecule has 6 nitrogen and oxygen atoms in total. The Hall–Kier alpha value is -2.38. The third-order valence-corrected chi connectivity index (χ3v) is 4.40. The standard InChI is InChI=1S/C18H24N2O3S.CH2O/c1-6-16(20(21)22)13-12-14(2)18(19(4)24-5)15(3)23-17-10-8-7-9-11-17;1-2/h6-13,15,18H,1H2,2-5H3;1H2/b14-12+,16-13+;. The Kier molecular flexibility index (Phi) is 11.7. The number of carbonyl (C=O) groups excluding carboxylic acids is 1. The van der Waals surface area contributed by atoms with E-state index in [2.05, 4.69) is 10.9 Å². The lowest BCUT2D eigenvalue weighted by Gasteiger charge is -2.32. The molecular weight excluding hydrogens is 352 g/mol. The maximum Gasteiger partial charge on any atom is 0.268 e. The van der Waals surface area contributed by atoms with E-state index in [9.17, 15) is 10.1 Å². The molecule has 1 rings (SSSR count). The van der Waals surface area contributed by atoms with E-state index in [1.54, 1.807) is 18.0 Å². The van der Waals surface area contributed by atoms with Gasteiger partial charge in [0.15, 0.2) is 0 Å². The van der Waals surface area contributed by atoms with Crippen LogP contribution < -0.4 is 4.74 Å². The van der Waals surface area contributed by atoms with Gasteiger partial charge in [0.25, 0.3) is 5.70 Å². The summed E-state index contributed by atoms with van der Waals surface area (Å²) in [7, 11) is 1.98. The molecule has 1 aromatic carbocycles. The number of likely N-dealkylation sites (N-methyl/N-ethyl adjacent to an activating group) is 1. The minimum absolute atomic E-state index is 0.0310. The molecule has 0 amide bonds. The minimum Gasteiger partial charge on any atom is -0.489 e. The van der Waals surface area contributed by atoms with E-state index in [1.165, 1.54) is 12.2 Å².